The van der Waals surface area contributed by atoms with Crippen LogP contribution in [0.4, 0.5) is 0 Å². The lowest BCUT2D eigenvalue weighted by Gasteiger charge is -2.32. The number of aromatic amines is 1. The van der Waals surface area contributed by atoms with Crippen LogP contribution < -0.4 is 22.1 Å². The predicted octanol–water partition coefficient (Wildman–Crippen LogP) is 0.00440. The zero-order valence-corrected chi connectivity index (χ0v) is 21.6. The summed E-state index contributed by atoms with van der Waals surface area (Å²) in [5.41, 5.74) is 12.5. The van der Waals surface area contributed by atoms with Crippen LogP contribution in [0, 0.1) is 5.92 Å². The summed E-state index contributed by atoms with van der Waals surface area (Å²) in [5.74, 6) is -3.93. The molecule has 3 rings (SSSR count). The molecule has 12 heteroatoms. The highest BCUT2D eigenvalue weighted by atomic mass is 16.4. The number of benzene rings is 1. The fourth-order valence-corrected chi connectivity index (χ4v) is 4.72. The van der Waals surface area contributed by atoms with Crippen LogP contribution in [0.2, 0.25) is 0 Å². The zero-order valence-electron chi connectivity index (χ0n) is 21.6. The lowest BCUT2D eigenvalue weighted by atomic mass is 9.96. The summed E-state index contributed by atoms with van der Waals surface area (Å²) in [5, 5.41) is 15.9. The van der Waals surface area contributed by atoms with Crippen LogP contribution in [-0.4, -0.2) is 75.3 Å². The number of carbonyl (C=O) groups excluding carboxylic acids is 4. The summed E-state index contributed by atoms with van der Waals surface area (Å²) < 4.78 is 0. The Morgan fingerprint density at radius 1 is 1.18 bits per heavy atom. The highest BCUT2D eigenvalue weighted by molar-refractivity contribution is 5.95. The number of likely N-dealkylation sites (tertiary alicyclic amines) is 1. The molecule has 206 valence electrons. The summed E-state index contributed by atoms with van der Waals surface area (Å²) in [6.45, 7) is 3.93. The molecule has 1 aliphatic rings. The third-order valence-electron chi connectivity index (χ3n) is 7.09. The number of carbonyl (C=O) groups is 5. The molecule has 0 aliphatic carbocycles. The summed E-state index contributed by atoms with van der Waals surface area (Å²) >= 11 is 0. The number of nitrogens with one attached hydrogen (secondary N) is 3. The maximum Gasteiger partial charge on any atom is 0.326 e. The zero-order chi connectivity index (χ0) is 28.0. The van der Waals surface area contributed by atoms with Crippen molar-refractivity contribution < 1.29 is 29.1 Å². The number of hydrogen-bond acceptors (Lipinski definition) is 6. The first kappa shape index (κ1) is 28.6. The third-order valence-corrected chi connectivity index (χ3v) is 7.09. The maximum absolute atomic E-state index is 13.5. The lowest BCUT2D eigenvalue weighted by Crippen LogP contribution is -2.58. The number of rotatable bonds is 12. The Bertz CT molecular complexity index is 1200. The standard InChI is InChI=1S/C26H36N6O6/c1-3-14(2)22(31-23(34)17(27)12-21(28)33)25(36)32-10-6-9-20(32)24(35)30-19(26(37)38)11-15-13-29-18-8-5-4-7-16(15)18/h4-5,7-8,13-14,17,19-20,22,29H,3,6,9-12,27H2,1-2H3,(H2,28,33)(H,30,35)(H,31,34)(H,37,38). The number of amides is 4. The smallest absolute Gasteiger partial charge is 0.326 e. The number of hydrogen-bond donors (Lipinski definition) is 6. The number of H-pyrrole nitrogens is 1. The molecule has 8 N–H and O–H groups in total. The molecule has 0 spiro atoms. The minimum atomic E-state index is -1.20. The summed E-state index contributed by atoms with van der Waals surface area (Å²) in [6, 6.07) is 3.22. The van der Waals surface area contributed by atoms with Crippen molar-refractivity contribution in [3.05, 3.63) is 36.0 Å². The molecule has 4 amide bonds. The highest BCUT2D eigenvalue weighted by Gasteiger charge is 2.40. The van der Waals surface area contributed by atoms with E-state index in [1.54, 1.807) is 13.1 Å². The number of aliphatic carboxylic acids is 1. The molecule has 12 nitrogen and oxygen atoms in total. The van der Waals surface area contributed by atoms with Gasteiger partial charge in [-0.25, -0.2) is 4.79 Å². The van der Waals surface area contributed by atoms with E-state index in [9.17, 15) is 29.1 Å². The van der Waals surface area contributed by atoms with Gasteiger partial charge in [0, 0.05) is 30.1 Å². The lowest BCUT2D eigenvalue weighted by molar-refractivity contribution is -0.145. The first-order valence-electron chi connectivity index (χ1n) is 12.8. The normalized spacial score (nSPS) is 18.4. The Labute approximate surface area is 220 Å². The van der Waals surface area contributed by atoms with E-state index in [0.717, 1.165) is 16.5 Å². The number of primary amides is 1. The van der Waals surface area contributed by atoms with Gasteiger partial charge in [-0.3, -0.25) is 19.2 Å². The van der Waals surface area contributed by atoms with Gasteiger partial charge in [0.1, 0.15) is 18.1 Å². The second-order valence-corrected chi connectivity index (χ2v) is 9.80. The van der Waals surface area contributed by atoms with Crippen LogP contribution in [0.5, 0.6) is 0 Å². The maximum atomic E-state index is 13.5. The van der Waals surface area contributed by atoms with Crippen LogP contribution in [0.1, 0.15) is 45.1 Å². The second kappa shape index (κ2) is 12.5. The van der Waals surface area contributed by atoms with Crippen molar-refractivity contribution in [2.24, 2.45) is 17.4 Å². The minimum absolute atomic E-state index is 0.0645. The van der Waals surface area contributed by atoms with E-state index in [1.807, 2.05) is 31.2 Å². The number of carboxylic acids is 1. The fourth-order valence-electron chi connectivity index (χ4n) is 4.72. The molecular weight excluding hydrogens is 492 g/mol. The Morgan fingerprint density at radius 3 is 2.55 bits per heavy atom. The molecule has 5 atom stereocenters. The molecule has 0 radical (unpaired) electrons. The molecule has 5 unspecified atom stereocenters. The van der Waals surface area contributed by atoms with Crippen molar-refractivity contribution in [2.45, 2.75) is 70.1 Å². The minimum Gasteiger partial charge on any atom is -0.480 e. The number of fused-ring (bicyclic) bond motifs is 1. The number of para-hydroxylation sites is 1. The van der Waals surface area contributed by atoms with Crippen molar-refractivity contribution >= 4 is 40.5 Å². The van der Waals surface area contributed by atoms with E-state index in [-0.39, 0.29) is 25.3 Å². The first-order valence-corrected chi connectivity index (χ1v) is 12.8. The van der Waals surface area contributed by atoms with Crippen molar-refractivity contribution in [3.63, 3.8) is 0 Å². The van der Waals surface area contributed by atoms with E-state index >= 15 is 0 Å². The van der Waals surface area contributed by atoms with E-state index in [4.69, 9.17) is 11.5 Å². The van der Waals surface area contributed by atoms with Gasteiger partial charge in [0.05, 0.1) is 12.5 Å². The second-order valence-electron chi connectivity index (χ2n) is 9.80. The van der Waals surface area contributed by atoms with E-state index < -0.39 is 53.8 Å². The quantitative estimate of drug-likeness (QED) is 0.222. The van der Waals surface area contributed by atoms with Gasteiger partial charge in [-0.05, 0) is 30.4 Å². The number of aromatic nitrogens is 1. The third kappa shape index (κ3) is 6.68. The molecule has 1 aromatic carbocycles. The van der Waals surface area contributed by atoms with Gasteiger partial charge in [0.2, 0.25) is 23.6 Å². The van der Waals surface area contributed by atoms with Crippen molar-refractivity contribution in [3.8, 4) is 0 Å². The molecule has 1 aromatic heterocycles. The van der Waals surface area contributed by atoms with Gasteiger partial charge in [-0.2, -0.15) is 0 Å². The van der Waals surface area contributed by atoms with Gasteiger partial charge in [0.15, 0.2) is 0 Å². The van der Waals surface area contributed by atoms with Gasteiger partial charge in [-0.15, -0.1) is 0 Å². The molecule has 1 fully saturated rings. The highest BCUT2D eigenvalue weighted by Crippen LogP contribution is 2.23. The topological polar surface area (TPSA) is 201 Å². The molecule has 1 saturated heterocycles. The Morgan fingerprint density at radius 2 is 1.89 bits per heavy atom. The molecule has 0 saturated carbocycles. The SMILES string of the molecule is CCC(C)C(NC(=O)C(N)CC(N)=O)C(=O)N1CCCC1C(=O)NC(Cc1c[nH]c2ccccc12)C(=O)O. The fraction of sp³-hybridized carbons (Fsp3) is 0.500. The average Bonchev–Trinajstić information content (AvgIpc) is 3.53. The largest absolute Gasteiger partial charge is 0.480 e. The summed E-state index contributed by atoms with van der Waals surface area (Å²) in [6.07, 6.45) is 2.88. The van der Waals surface area contributed by atoms with E-state index in [1.165, 1.54) is 4.90 Å². The van der Waals surface area contributed by atoms with Crippen molar-refractivity contribution in [2.75, 3.05) is 6.54 Å². The summed E-state index contributed by atoms with van der Waals surface area (Å²) in [7, 11) is 0. The van der Waals surface area contributed by atoms with Crippen molar-refractivity contribution in [1.29, 1.82) is 0 Å². The van der Waals surface area contributed by atoms with E-state index in [2.05, 4.69) is 15.6 Å². The molecular formula is C26H36N6O6. The van der Waals surface area contributed by atoms with Crippen molar-refractivity contribution in [1.82, 2.24) is 20.5 Å². The predicted molar refractivity (Wildman–Crippen MR) is 139 cm³/mol. The molecule has 0 bridgehead atoms. The van der Waals surface area contributed by atoms with Crippen LogP contribution >= 0.6 is 0 Å². The molecule has 38 heavy (non-hydrogen) atoms. The number of nitrogens with two attached hydrogens (primary N) is 2. The van der Waals surface area contributed by atoms with Gasteiger partial charge in [0.25, 0.3) is 0 Å². The van der Waals surface area contributed by atoms with Gasteiger partial charge < -0.3 is 37.1 Å². The van der Waals surface area contributed by atoms with Crippen LogP contribution in [0.25, 0.3) is 10.9 Å². The average molecular weight is 529 g/mol. The van der Waals surface area contributed by atoms with Crippen LogP contribution in [-0.2, 0) is 30.4 Å². The van der Waals surface area contributed by atoms with Gasteiger partial charge >= 0.3 is 5.97 Å². The van der Waals surface area contributed by atoms with Gasteiger partial charge in [-0.1, -0.05) is 38.5 Å². The Hall–Kier alpha value is -3.93. The molecule has 2 heterocycles. The molecule has 2 aromatic rings. The van der Waals surface area contributed by atoms with Crippen LogP contribution in [0.3, 0.4) is 0 Å². The number of carboxylic acid groups (broad SMARTS) is 1. The van der Waals surface area contributed by atoms with Crippen LogP contribution in [0.15, 0.2) is 30.5 Å². The van der Waals surface area contributed by atoms with E-state index in [0.29, 0.717) is 19.3 Å². The monoisotopic (exact) mass is 528 g/mol. The Balaban J connectivity index is 1.73. The Kier molecular flexibility index (Phi) is 9.45. The summed E-state index contributed by atoms with van der Waals surface area (Å²) in [4.78, 5) is 67.0. The molecule has 1 aliphatic heterocycles. The number of nitrogens with zero attached hydrogens (tertiary/aromatic N) is 1. The first-order chi connectivity index (χ1) is 18.0.